The first kappa shape index (κ1) is 41.7. The van der Waals surface area contributed by atoms with E-state index in [-0.39, 0.29) is 99.3 Å². The molecule has 0 spiro atoms. The van der Waals surface area contributed by atoms with Gasteiger partial charge in [0, 0.05) is 58.9 Å². The molecule has 0 saturated carbocycles. The van der Waals surface area contributed by atoms with E-state index < -0.39 is 0 Å². The van der Waals surface area contributed by atoms with Crippen LogP contribution in [-0.4, -0.2) is 40.4 Å². The van der Waals surface area contributed by atoms with Crippen LogP contribution in [0.15, 0.2) is 0 Å². The van der Waals surface area contributed by atoms with Crippen molar-refractivity contribution in [1.29, 1.82) is 0 Å². The van der Waals surface area contributed by atoms with E-state index in [0.717, 1.165) is 0 Å². The molecule has 0 aliphatic heterocycles. The van der Waals surface area contributed by atoms with Crippen molar-refractivity contribution in [2.45, 2.75) is 0 Å². The van der Waals surface area contributed by atoms with Crippen molar-refractivity contribution >= 4 is 40.4 Å². The fourth-order valence-electron chi connectivity index (χ4n) is 0. The molecule has 0 unspecified atom stereocenters. The molecule has 0 aromatic rings. The molecule has 0 saturated heterocycles. The number of rotatable bonds is 0. The van der Waals surface area contributed by atoms with Crippen LogP contribution in [0.25, 0.3) is 0 Å². The molecule has 0 heterocycles. The summed E-state index contributed by atoms with van der Waals surface area (Å²) in [6.45, 7) is 0. The van der Waals surface area contributed by atoms with Gasteiger partial charge < -0.3 is 0 Å². The molecular formula is H5AlCuMgTaZn. The molecular weight excluding hydrogens is 361 g/mol. The Hall–Kier alpha value is 3.18. The van der Waals surface area contributed by atoms with Gasteiger partial charge >= 0.3 is 23.1 Å². The molecule has 0 aromatic heterocycles. The fraction of sp³-hybridized carbons (Fsp3) is 0. The Kier molecular flexibility index (Phi) is 226. The second-order valence-electron chi connectivity index (χ2n) is 0. The third-order valence-electron chi connectivity index (χ3n) is 0. The Morgan fingerprint density at radius 2 is 1.00 bits per heavy atom. The zero-order valence-electron chi connectivity index (χ0n) is 1.46. The summed E-state index contributed by atoms with van der Waals surface area (Å²) in [6.07, 6.45) is 0. The van der Waals surface area contributed by atoms with E-state index in [1.165, 1.54) is 0 Å². The van der Waals surface area contributed by atoms with E-state index in [1.807, 2.05) is 0 Å². The summed E-state index contributed by atoms with van der Waals surface area (Å²) in [5.41, 5.74) is 0. The van der Waals surface area contributed by atoms with Crippen LogP contribution in [0.3, 0.4) is 0 Å². The van der Waals surface area contributed by atoms with Crippen LogP contribution in [0, 0.1) is 0 Å². The fourth-order valence-corrected chi connectivity index (χ4v) is 0. The van der Waals surface area contributed by atoms with Crippen molar-refractivity contribution in [3.05, 3.63) is 0 Å². The third-order valence-corrected chi connectivity index (χ3v) is 0. The minimum absolute atomic E-state index is 0. The Morgan fingerprint density at radius 3 is 1.00 bits per heavy atom. The molecule has 5 heavy (non-hydrogen) atoms. The summed E-state index contributed by atoms with van der Waals surface area (Å²) in [5, 5.41) is 0. The van der Waals surface area contributed by atoms with Gasteiger partial charge in [-0.3, -0.25) is 0 Å². The molecule has 2 radical (unpaired) electrons. The first-order valence-electron chi connectivity index (χ1n) is 0. The van der Waals surface area contributed by atoms with Crippen molar-refractivity contribution in [2.24, 2.45) is 0 Å². The molecule has 0 rings (SSSR count). The van der Waals surface area contributed by atoms with Crippen molar-refractivity contribution in [3.8, 4) is 0 Å². The van der Waals surface area contributed by atoms with Crippen LogP contribution in [0.4, 0.5) is 0 Å². The second-order valence-corrected chi connectivity index (χ2v) is 0. The van der Waals surface area contributed by atoms with Gasteiger partial charge in [-0.1, -0.05) is 0 Å². The van der Waals surface area contributed by atoms with Gasteiger partial charge in [0.25, 0.3) is 0 Å². The maximum Gasteiger partial charge on any atom is 0.316 e. The Balaban J connectivity index is 0. The van der Waals surface area contributed by atoms with Gasteiger partial charge in [-0.15, -0.1) is 0 Å². The Bertz CT molecular complexity index is 11.6. The standard InChI is InChI=1S/Al.Cu.Mg.Ta.Zn.5H. The van der Waals surface area contributed by atoms with Crippen molar-refractivity contribution in [2.75, 3.05) is 0 Å². The zero-order chi connectivity index (χ0) is 0. The molecule has 0 aliphatic rings. The van der Waals surface area contributed by atoms with E-state index in [2.05, 4.69) is 0 Å². The van der Waals surface area contributed by atoms with Crippen LogP contribution in [-0.2, 0) is 58.9 Å². The van der Waals surface area contributed by atoms with E-state index in [4.69, 9.17) is 0 Å². The number of hydrogen-bond donors (Lipinski definition) is 0. The van der Waals surface area contributed by atoms with Gasteiger partial charge in [-0.05, 0) is 0 Å². The summed E-state index contributed by atoms with van der Waals surface area (Å²) in [7, 11) is 0. The van der Waals surface area contributed by atoms with Crippen molar-refractivity contribution in [3.63, 3.8) is 0 Å². The molecule has 0 fully saturated rings. The van der Waals surface area contributed by atoms with Gasteiger partial charge in [0.1, 0.15) is 0 Å². The van der Waals surface area contributed by atoms with E-state index >= 15 is 0 Å². The zero-order valence-corrected chi connectivity index (χ0v) is 8.58. The average Bonchev–Trinajstić information content (AvgIpc) is 0. The van der Waals surface area contributed by atoms with Crippen LogP contribution in [0.1, 0.15) is 0 Å². The monoisotopic (exact) mass is 364 g/mol. The van der Waals surface area contributed by atoms with E-state index in [0.29, 0.717) is 0 Å². The minimum atomic E-state index is 0. The normalized spacial score (nSPS) is 0. The summed E-state index contributed by atoms with van der Waals surface area (Å²) in [6, 6.07) is 0. The van der Waals surface area contributed by atoms with Crippen LogP contribution >= 0.6 is 0 Å². The van der Waals surface area contributed by atoms with Gasteiger partial charge in [0.05, 0.1) is 0 Å². The molecule has 5 heteroatoms. The van der Waals surface area contributed by atoms with E-state index in [9.17, 15) is 0 Å². The van der Waals surface area contributed by atoms with E-state index in [1.54, 1.807) is 0 Å². The third kappa shape index (κ3) is 19.0. The minimum Gasteiger partial charge on any atom is 0 e. The van der Waals surface area contributed by atoms with Crippen LogP contribution in [0.2, 0.25) is 0 Å². The molecule has 0 nitrogen and oxygen atoms in total. The first-order chi connectivity index (χ1) is 0. The second kappa shape index (κ2) is 27.1. The molecule has 0 aromatic carbocycles. The van der Waals surface area contributed by atoms with Crippen LogP contribution in [0.5, 0.6) is 0 Å². The largest absolute Gasteiger partial charge is 0.316 e. The molecule has 0 atom stereocenters. The van der Waals surface area contributed by atoms with Crippen molar-refractivity contribution in [1.82, 2.24) is 0 Å². The topological polar surface area (TPSA) is 0 Å². The average molecular weight is 366 g/mol. The maximum absolute atomic E-state index is 0. The quantitative estimate of drug-likeness (QED) is 0.431. The first-order valence-corrected chi connectivity index (χ1v) is 0. The molecule has 0 aliphatic carbocycles. The smallest absolute Gasteiger partial charge is 0 e. The molecule has 0 bridgehead atoms. The van der Waals surface area contributed by atoms with Gasteiger partial charge in [0.2, 0.25) is 0 Å². The molecule has 0 N–H and O–H groups in total. The summed E-state index contributed by atoms with van der Waals surface area (Å²) >= 11 is 0. The van der Waals surface area contributed by atoms with Crippen LogP contribution < -0.4 is 0 Å². The predicted octanol–water partition coefficient (Wildman–Crippen LogP) is -2.11. The summed E-state index contributed by atoms with van der Waals surface area (Å²) in [5.74, 6) is 0. The molecule has 0 amide bonds. The predicted molar refractivity (Wildman–Crippen MR) is 18.5 cm³/mol. The van der Waals surface area contributed by atoms with Gasteiger partial charge in [-0.25, -0.2) is 0 Å². The molecule has 28 valence electrons. The maximum atomic E-state index is 0. The Morgan fingerprint density at radius 1 is 1.00 bits per heavy atom. The van der Waals surface area contributed by atoms with Gasteiger partial charge in [0.15, 0.2) is 17.4 Å². The summed E-state index contributed by atoms with van der Waals surface area (Å²) in [4.78, 5) is 0. The Labute approximate surface area is 97.6 Å². The van der Waals surface area contributed by atoms with Crippen molar-refractivity contribution < 1.29 is 58.9 Å². The SMILES string of the molecule is [AlH3].[Cu].[MgH2].[Ta].[Zn]. The number of hydrogen-bond acceptors (Lipinski definition) is 0. The van der Waals surface area contributed by atoms with Gasteiger partial charge in [-0.2, -0.15) is 0 Å². The summed E-state index contributed by atoms with van der Waals surface area (Å²) < 4.78 is 0.